The van der Waals surface area contributed by atoms with Crippen molar-refractivity contribution in [2.24, 2.45) is 0 Å². The molecule has 132 valence electrons. The number of fused-ring (bicyclic) bond motifs is 1. The normalized spacial score (nSPS) is 14.0. The molecule has 0 bridgehead atoms. The second-order valence-electron chi connectivity index (χ2n) is 6.74. The van der Waals surface area contributed by atoms with E-state index in [9.17, 15) is 4.79 Å². The van der Waals surface area contributed by atoms with E-state index in [4.69, 9.17) is 0 Å². The Morgan fingerprint density at radius 3 is 2.62 bits per heavy atom. The van der Waals surface area contributed by atoms with Crippen LogP contribution in [0.2, 0.25) is 0 Å². The van der Waals surface area contributed by atoms with E-state index in [-0.39, 0.29) is 5.91 Å². The topological polar surface area (TPSA) is 58.1 Å². The van der Waals surface area contributed by atoms with Crippen LogP contribution in [0.1, 0.15) is 34.6 Å². The third kappa shape index (κ3) is 3.52. The molecular formula is C21H22N4O. The molecule has 4 rings (SSSR count). The number of rotatable bonds is 4. The van der Waals surface area contributed by atoms with Crippen molar-refractivity contribution in [2.45, 2.75) is 26.3 Å². The van der Waals surface area contributed by atoms with Crippen molar-refractivity contribution in [2.75, 3.05) is 18.0 Å². The first-order valence-electron chi connectivity index (χ1n) is 9.05. The van der Waals surface area contributed by atoms with Gasteiger partial charge < -0.3 is 10.2 Å². The summed E-state index contributed by atoms with van der Waals surface area (Å²) in [6.07, 6.45) is 2.37. The summed E-state index contributed by atoms with van der Waals surface area (Å²) in [6.45, 7) is 4.38. The van der Waals surface area contributed by atoms with Crippen LogP contribution in [0, 0.1) is 6.92 Å². The van der Waals surface area contributed by atoms with Gasteiger partial charge in [0.15, 0.2) is 0 Å². The first-order valence-corrected chi connectivity index (χ1v) is 9.05. The van der Waals surface area contributed by atoms with Gasteiger partial charge in [0, 0.05) is 24.3 Å². The summed E-state index contributed by atoms with van der Waals surface area (Å²) >= 11 is 0. The molecule has 26 heavy (non-hydrogen) atoms. The average molecular weight is 346 g/mol. The lowest BCUT2D eigenvalue weighted by molar-refractivity contribution is 0.0950. The Balaban J connectivity index is 1.48. The van der Waals surface area contributed by atoms with Gasteiger partial charge in [0.25, 0.3) is 5.91 Å². The summed E-state index contributed by atoms with van der Waals surface area (Å²) in [6, 6.07) is 15.7. The third-order valence-corrected chi connectivity index (χ3v) is 4.73. The zero-order valence-corrected chi connectivity index (χ0v) is 14.9. The predicted octanol–water partition coefficient (Wildman–Crippen LogP) is 3.47. The lowest BCUT2D eigenvalue weighted by Gasteiger charge is -2.16. The van der Waals surface area contributed by atoms with Gasteiger partial charge in [-0.3, -0.25) is 4.79 Å². The molecule has 1 fully saturated rings. The van der Waals surface area contributed by atoms with Crippen molar-refractivity contribution in [3.8, 4) is 0 Å². The highest BCUT2D eigenvalue weighted by Crippen LogP contribution is 2.17. The van der Waals surface area contributed by atoms with Crippen molar-refractivity contribution in [3.63, 3.8) is 0 Å². The number of hydrogen-bond acceptors (Lipinski definition) is 4. The SMILES string of the molecule is Cc1cc(CNC(=O)c2ccc3ccccc3c2)nc(N2CCCC2)n1. The van der Waals surface area contributed by atoms with E-state index in [2.05, 4.69) is 20.2 Å². The Morgan fingerprint density at radius 2 is 1.81 bits per heavy atom. The number of hydrogen-bond donors (Lipinski definition) is 1. The standard InChI is InChI=1S/C21H22N4O/c1-15-12-19(24-21(23-15)25-10-4-5-11-25)14-22-20(26)18-9-8-16-6-2-3-7-17(16)13-18/h2-3,6-9,12-13H,4-5,10-11,14H2,1H3,(H,22,26). The van der Waals surface area contributed by atoms with Gasteiger partial charge in [0.05, 0.1) is 12.2 Å². The van der Waals surface area contributed by atoms with Gasteiger partial charge in [0.2, 0.25) is 5.95 Å². The fraction of sp³-hybridized carbons (Fsp3) is 0.286. The van der Waals surface area contributed by atoms with Crippen LogP contribution in [0.5, 0.6) is 0 Å². The molecule has 0 spiro atoms. The van der Waals surface area contributed by atoms with Crippen LogP contribution in [-0.4, -0.2) is 29.0 Å². The van der Waals surface area contributed by atoms with Crippen LogP contribution in [0.15, 0.2) is 48.5 Å². The molecular weight excluding hydrogens is 324 g/mol. The van der Waals surface area contributed by atoms with Gasteiger partial charge in [-0.2, -0.15) is 0 Å². The predicted molar refractivity (Wildman–Crippen MR) is 103 cm³/mol. The summed E-state index contributed by atoms with van der Waals surface area (Å²) in [7, 11) is 0. The molecule has 1 saturated heterocycles. The van der Waals surface area contributed by atoms with Gasteiger partial charge in [-0.1, -0.05) is 30.3 Å². The van der Waals surface area contributed by atoms with Gasteiger partial charge in [-0.25, -0.2) is 9.97 Å². The molecule has 0 aliphatic carbocycles. The zero-order chi connectivity index (χ0) is 17.9. The summed E-state index contributed by atoms with van der Waals surface area (Å²) in [5, 5.41) is 5.17. The third-order valence-electron chi connectivity index (χ3n) is 4.73. The van der Waals surface area contributed by atoms with Crippen molar-refractivity contribution >= 4 is 22.6 Å². The van der Waals surface area contributed by atoms with E-state index in [1.54, 1.807) is 0 Å². The van der Waals surface area contributed by atoms with Gasteiger partial charge in [-0.15, -0.1) is 0 Å². The van der Waals surface area contributed by atoms with Crippen LogP contribution in [0.25, 0.3) is 10.8 Å². The molecule has 1 N–H and O–H groups in total. The molecule has 3 aromatic rings. The molecule has 0 saturated carbocycles. The van der Waals surface area contributed by atoms with Crippen molar-refractivity contribution in [1.82, 2.24) is 15.3 Å². The maximum Gasteiger partial charge on any atom is 0.251 e. The summed E-state index contributed by atoms with van der Waals surface area (Å²) < 4.78 is 0. The van der Waals surface area contributed by atoms with E-state index in [0.717, 1.165) is 41.2 Å². The molecule has 0 atom stereocenters. The van der Waals surface area contributed by atoms with Gasteiger partial charge >= 0.3 is 0 Å². The fourth-order valence-corrected chi connectivity index (χ4v) is 3.37. The van der Waals surface area contributed by atoms with Gasteiger partial charge in [0.1, 0.15) is 0 Å². The molecule has 2 aromatic carbocycles. The summed E-state index contributed by atoms with van der Waals surface area (Å²) in [4.78, 5) is 23.9. The quantitative estimate of drug-likeness (QED) is 0.786. The van der Waals surface area contributed by atoms with E-state index >= 15 is 0 Å². The Hall–Kier alpha value is -2.95. The van der Waals surface area contributed by atoms with Crippen LogP contribution in [0.3, 0.4) is 0 Å². The fourth-order valence-electron chi connectivity index (χ4n) is 3.37. The molecule has 5 heteroatoms. The Kier molecular flexibility index (Phi) is 4.52. The van der Waals surface area contributed by atoms with Crippen LogP contribution in [0.4, 0.5) is 5.95 Å². The number of nitrogens with zero attached hydrogens (tertiary/aromatic N) is 3. The lowest BCUT2D eigenvalue weighted by atomic mass is 10.1. The van der Waals surface area contributed by atoms with Crippen molar-refractivity contribution in [3.05, 3.63) is 65.5 Å². The zero-order valence-electron chi connectivity index (χ0n) is 14.9. The van der Waals surface area contributed by atoms with E-state index in [1.165, 1.54) is 12.8 Å². The number of carbonyl (C=O) groups excluding carboxylic acids is 1. The number of nitrogens with one attached hydrogen (secondary N) is 1. The summed E-state index contributed by atoms with van der Waals surface area (Å²) in [5.41, 5.74) is 2.43. The number of aromatic nitrogens is 2. The smallest absolute Gasteiger partial charge is 0.251 e. The number of benzene rings is 2. The molecule has 1 aliphatic heterocycles. The minimum absolute atomic E-state index is 0.0882. The van der Waals surface area contributed by atoms with E-state index in [1.807, 2.05) is 55.5 Å². The van der Waals surface area contributed by atoms with Crippen LogP contribution in [-0.2, 0) is 6.54 Å². The highest BCUT2D eigenvalue weighted by atomic mass is 16.1. The molecule has 2 heterocycles. The largest absolute Gasteiger partial charge is 0.346 e. The highest BCUT2D eigenvalue weighted by molar-refractivity contribution is 5.98. The van der Waals surface area contributed by atoms with Gasteiger partial charge in [-0.05, 0) is 48.7 Å². The lowest BCUT2D eigenvalue weighted by Crippen LogP contribution is -2.25. The summed E-state index contributed by atoms with van der Waals surface area (Å²) in [5.74, 6) is 0.687. The maximum absolute atomic E-state index is 12.5. The minimum atomic E-state index is -0.0882. The molecule has 0 radical (unpaired) electrons. The number of aryl methyl sites for hydroxylation is 1. The van der Waals surface area contributed by atoms with E-state index in [0.29, 0.717) is 12.1 Å². The molecule has 5 nitrogen and oxygen atoms in total. The number of amides is 1. The van der Waals surface area contributed by atoms with Crippen molar-refractivity contribution < 1.29 is 4.79 Å². The molecule has 1 aromatic heterocycles. The van der Waals surface area contributed by atoms with Crippen molar-refractivity contribution in [1.29, 1.82) is 0 Å². The monoisotopic (exact) mass is 346 g/mol. The number of anilines is 1. The second kappa shape index (κ2) is 7.12. The Labute approximate surface area is 153 Å². The molecule has 1 amide bonds. The van der Waals surface area contributed by atoms with Crippen LogP contribution >= 0.6 is 0 Å². The maximum atomic E-state index is 12.5. The number of carbonyl (C=O) groups is 1. The van der Waals surface area contributed by atoms with E-state index < -0.39 is 0 Å². The molecule has 1 aliphatic rings. The first-order chi connectivity index (χ1) is 12.7. The van der Waals surface area contributed by atoms with Crippen LogP contribution < -0.4 is 10.2 Å². The second-order valence-corrected chi connectivity index (χ2v) is 6.74. The Morgan fingerprint density at radius 1 is 1.04 bits per heavy atom. The first kappa shape index (κ1) is 16.5. The molecule has 0 unspecified atom stereocenters. The average Bonchev–Trinajstić information content (AvgIpc) is 3.20. The highest BCUT2D eigenvalue weighted by Gasteiger charge is 2.16. The minimum Gasteiger partial charge on any atom is -0.346 e. The Bertz CT molecular complexity index is 948.